The predicted molar refractivity (Wildman–Crippen MR) is 145 cm³/mol. The van der Waals surface area contributed by atoms with Crippen LogP contribution in [0.4, 0.5) is 32.2 Å². The van der Waals surface area contributed by atoms with Gasteiger partial charge in [0.25, 0.3) is 11.8 Å². The van der Waals surface area contributed by atoms with Gasteiger partial charge in [0.1, 0.15) is 29.5 Å². The molecule has 2 aliphatic rings. The lowest BCUT2D eigenvalue weighted by molar-refractivity contribution is -0.185. The molecular weight excluding hydrogens is 598 g/mol. The van der Waals surface area contributed by atoms with Crippen LogP contribution < -0.4 is 15.8 Å². The molecule has 0 bridgehead atoms. The molecule has 5 rings (SSSR count). The molecule has 5 heterocycles. The Bertz CT molecular complexity index is 1550. The van der Waals surface area contributed by atoms with Crippen molar-refractivity contribution in [2.75, 3.05) is 39.0 Å². The fourth-order valence-corrected chi connectivity index (χ4v) is 5.41. The van der Waals surface area contributed by atoms with Gasteiger partial charge in [-0.15, -0.1) is 0 Å². The number of piperidine rings is 1. The van der Waals surface area contributed by atoms with Gasteiger partial charge < -0.3 is 20.7 Å². The molecule has 3 atom stereocenters. The predicted octanol–water partition coefficient (Wildman–Crippen LogP) is 3.09. The normalized spacial score (nSPS) is 21.4. The lowest BCUT2D eigenvalue weighted by atomic mass is 10.1. The number of rotatable bonds is 7. The summed E-state index contributed by atoms with van der Waals surface area (Å²) in [6.45, 7) is 0.286. The maximum absolute atomic E-state index is 14.8. The number of alkyl halides is 6. The van der Waals surface area contributed by atoms with Gasteiger partial charge in [0.05, 0.1) is 25.4 Å². The monoisotopic (exact) mass is 628 g/mol. The van der Waals surface area contributed by atoms with Gasteiger partial charge >= 0.3 is 6.18 Å². The summed E-state index contributed by atoms with van der Waals surface area (Å²) in [6.07, 6.45) is -4.50. The molecule has 3 aromatic heterocycles. The van der Waals surface area contributed by atoms with Gasteiger partial charge in [0, 0.05) is 50.8 Å². The molecule has 238 valence electrons. The van der Waals surface area contributed by atoms with Gasteiger partial charge in [-0.3, -0.25) is 14.5 Å². The van der Waals surface area contributed by atoms with Crippen LogP contribution in [0.25, 0.3) is 16.8 Å². The quantitative estimate of drug-likeness (QED) is 0.382. The fraction of sp³-hybridized carbons (Fsp3) is 0.519. The first-order chi connectivity index (χ1) is 20.7. The second kappa shape index (κ2) is 11.7. The third-order valence-corrected chi connectivity index (χ3v) is 7.97. The number of nitrogens with two attached hydrogens (primary N) is 1. The van der Waals surface area contributed by atoms with E-state index >= 15 is 0 Å². The van der Waals surface area contributed by atoms with Crippen LogP contribution in [-0.4, -0.2) is 98.8 Å². The third kappa shape index (κ3) is 6.23. The third-order valence-electron chi connectivity index (χ3n) is 7.97. The van der Waals surface area contributed by atoms with E-state index in [2.05, 4.69) is 20.4 Å². The number of methoxy groups -OCH3 is 1. The van der Waals surface area contributed by atoms with E-state index in [4.69, 9.17) is 10.5 Å². The molecule has 3 aromatic rings. The highest BCUT2D eigenvalue weighted by atomic mass is 19.4. The van der Waals surface area contributed by atoms with E-state index in [1.54, 1.807) is 6.07 Å². The molecular formula is C27H30F6N8O3. The van der Waals surface area contributed by atoms with E-state index in [1.807, 2.05) is 4.90 Å². The van der Waals surface area contributed by atoms with Crippen LogP contribution in [0.3, 0.4) is 0 Å². The average Bonchev–Trinajstić information content (AvgIpc) is 3.53. The second-order valence-corrected chi connectivity index (χ2v) is 11.0. The first kappa shape index (κ1) is 31.3. The molecule has 0 aliphatic carbocycles. The SMILES string of the molecule is COc1ncc(-c2cc(CN3CCC(F)(F)CC3)c3c(N)ncnn23)cc1C(=O)N[C@@H]1CN(C(=O)C(C)C(F)(F)F)C[C@@H]1F. The zero-order chi connectivity index (χ0) is 32.0. The van der Waals surface area contributed by atoms with Crippen molar-refractivity contribution in [1.29, 1.82) is 0 Å². The van der Waals surface area contributed by atoms with E-state index < -0.39 is 55.1 Å². The number of carbonyl (C=O) groups is 2. The van der Waals surface area contributed by atoms with Crippen LogP contribution in [0.2, 0.25) is 0 Å². The summed E-state index contributed by atoms with van der Waals surface area (Å²) < 4.78 is 88.0. The van der Waals surface area contributed by atoms with Crippen molar-refractivity contribution in [3.05, 3.63) is 35.8 Å². The van der Waals surface area contributed by atoms with E-state index in [0.717, 1.165) is 4.90 Å². The first-order valence-corrected chi connectivity index (χ1v) is 13.7. The minimum absolute atomic E-state index is 0.109. The van der Waals surface area contributed by atoms with Crippen LogP contribution in [-0.2, 0) is 11.3 Å². The van der Waals surface area contributed by atoms with Gasteiger partial charge in [-0.1, -0.05) is 0 Å². The van der Waals surface area contributed by atoms with Crippen LogP contribution >= 0.6 is 0 Å². The molecule has 2 saturated heterocycles. The molecule has 1 unspecified atom stereocenters. The molecule has 44 heavy (non-hydrogen) atoms. The van der Waals surface area contributed by atoms with E-state index in [0.29, 0.717) is 29.3 Å². The molecule has 0 radical (unpaired) electrons. The van der Waals surface area contributed by atoms with Crippen molar-refractivity contribution < 1.29 is 40.7 Å². The Morgan fingerprint density at radius 2 is 1.89 bits per heavy atom. The number of ether oxygens (including phenoxy) is 1. The van der Waals surface area contributed by atoms with Crippen LogP contribution in [0.5, 0.6) is 5.88 Å². The summed E-state index contributed by atoms with van der Waals surface area (Å²) in [5.74, 6) is -7.10. The number of halogens is 6. The van der Waals surface area contributed by atoms with Gasteiger partial charge in [-0.05, 0) is 24.6 Å². The highest BCUT2D eigenvalue weighted by Gasteiger charge is 2.46. The molecule has 2 aliphatic heterocycles. The minimum atomic E-state index is -4.79. The zero-order valence-electron chi connectivity index (χ0n) is 23.7. The van der Waals surface area contributed by atoms with Gasteiger partial charge in [-0.2, -0.15) is 18.3 Å². The summed E-state index contributed by atoms with van der Waals surface area (Å²) in [4.78, 5) is 36.4. The number of fused-ring (bicyclic) bond motifs is 1. The van der Waals surface area contributed by atoms with Crippen molar-refractivity contribution in [3.8, 4) is 17.1 Å². The number of nitrogens with one attached hydrogen (secondary N) is 1. The smallest absolute Gasteiger partial charge is 0.400 e. The number of amides is 2. The van der Waals surface area contributed by atoms with Crippen molar-refractivity contribution in [2.24, 2.45) is 5.92 Å². The number of pyridine rings is 1. The molecule has 2 fully saturated rings. The molecule has 0 spiro atoms. The number of anilines is 1. The van der Waals surface area contributed by atoms with Gasteiger partial charge in [-0.25, -0.2) is 27.7 Å². The van der Waals surface area contributed by atoms with Gasteiger partial charge in [0.2, 0.25) is 11.8 Å². The van der Waals surface area contributed by atoms with Crippen LogP contribution in [0, 0.1) is 5.92 Å². The topological polar surface area (TPSA) is 131 Å². The Kier molecular flexibility index (Phi) is 8.35. The summed E-state index contributed by atoms with van der Waals surface area (Å²) in [5, 5.41) is 6.73. The Hall–Kier alpha value is -4.15. The summed E-state index contributed by atoms with van der Waals surface area (Å²) >= 11 is 0. The van der Waals surface area contributed by atoms with Gasteiger partial charge in [0.15, 0.2) is 5.82 Å². The molecule has 11 nitrogen and oxygen atoms in total. The van der Waals surface area contributed by atoms with Crippen LogP contribution in [0.15, 0.2) is 24.7 Å². The number of hydrogen-bond acceptors (Lipinski definition) is 8. The Balaban J connectivity index is 1.40. The second-order valence-electron chi connectivity index (χ2n) is 11.0. The zero-order valence-corrected chi connectivity index (χ0v) is 23.7. The van der Waals surface area contributed by atoms with Crippen molar-refractivity contribution >= 4 is 23.1 Å². The number of aromatic nitrogens is 4. The molecule has 0 saturated carbocycles. The number of likely N-dealkylation sites (tertiary alicyclic amines) is 2. The van der Waals surface area contributed by atoms with Crippen molar-refractivity contribution in [3.63, 3.8) is 0 Å². The fourth-order valence-electron chi connectivity index (χ4n) is 5.41. The highest BCUT2D eigenvalue weighted by Crippen LogP contribution is 2.33. The number of nitrogens with zero attached hydrogens (tertiary/aromatic N) is 6. The lowest BCUT2D eigenvalue weighted by Gasteiger charge is -2.31. The maximum atomic E-state index is 14.8. The molecule has 3 N–H and O–H groups in total. The Labute approximate surface area is 247 Å². The number of nitrogen functional groups attached to an aromatic ring is 1. The van der Waals surface area contributed by atoms with E-state index in [9.17, 15) is 35.9 Å². The molecule has 0 aromatic carbocycles. The Morgan fingerprint density at radius 3 is 2.55 bits per heavy atom. The molecule has 2 amide bonds. The lowest BCUT2D eigenvalue weighted by Crippen LogP contribution is -2.43. The van der Waals surface area contributed by atoms with Crippen LogP contribution in [0.1, 0.15) is 35.7 Å². The number of hydrogen-bond donors (Lipinski definition) is 2. The van der Waals surface area contributed by atoms with Crippen molar-refractivity contribution in [1.82, 2.24) is 34.7 Å². The van der Waals surface area contributed by atoms with E-state index in [1.165, 1.54) is 30.2 Å². The first-order valence-electron chi connectivity index (χ1n) is 13.7. The minimum Gasteiger partial charge on any atom is -0.480 e. The largest absolute Gasteiger partial charge is 0.480 e. The number of carbonyl (C=O) groups excluding carboxylic acids is 2. The standard InChI is InChI=1S/C27H30F6N8O3/c1-14(27(31,32)33)25(43)40-11-18(28)19(12-40)38-23(42)17-7-15(9-35-24(17)44-2)20-8-16(21-22(34)36-13-37-41(20)21)10-39-5-3-26(29,30)4-6-39/h7-9,13-14,18-19H,3-6,10-12H2,1-2H3,(H,38,42)(H2,34,36,37)/t14?,18-,19+/m0/s1. The average molecular weight is 629 g/mol. The maximum Gasteiger partial charge on any atom is 0.400 e. The Morgan fingerprint density at radius 1 is 1.18 bits per heavy atom. The van der Waals surface area contributed by atoms with Crippen molar-refractivity contribution in [2.45, 2.75) is 50.6 Å². The van der Waals surface area contributed by atoms with E-state index in [-0.39, 0.29) is 49.7 Å². The summed E-state index contributed by atoms with van der Waals surface area (Å²) in [7, 11) is 1.27. The summed E-state index contributed by atoms with van der Waals surface area (Å²) in [5.41, 5.74) is 7.98. The summed E-state index contributed by atoms with van der Waals surface area (Å²) in [6, 6.07) is 1.88. The molecule has 17 heteroatoms. The highest BCUT2D eigenvalue weighted by molar-refractivity contribution is 5.98.